The van der Waals surface area contributed by atoms with Gasteiger partial charge in [0.1, 0.15) is 5.78 Å². The summed E-state index contributed by atoms with van der Waals surface area (Å²) >= 11 is 0. The fourth-order valence-electron chi connectivity index (χ4n) is 6.36. The number of carbonyl (C=O) groups excluding carboxylic acids is 1. The van der Waals surface area contributed by atoms with Crippen molar-refractivity contribution in [3.63, 3.8) is 0 Å². The van der Waals surface area contributed by atoms with Gasteiger partial charge in [-0.2, -0.15) is 0 Å². The SMILES string of the molecule is CC.CC.CCC(=O)C1CC2(CCN(Cc3cnc(N4C5CCC4CN(C)C5)nc3)CC2)C1. The Kier molecular flexibility index (Phi) is 9.28. The monoisotopic (exact) mass is 457 g/mol. The number of fused-ring (bicyclic) bond motifs is 2. The van der Waals surface area contributed by atoms with Crippen molar-refractivity contribution >= 4 is 11.7 Å². The molecule has 2 atom stereocenters. The van der Waals surface area contributed by atoms with Crippen LogP contribution in [0.3, 0.4) is 0 Å². The molecule has 0 amide bonds. The van der Waals surface area contributed by atoms with Gasteiger partial charge in [0.2, 0.25) is 5.95 Å². The van der Waals surface area contributed by atoms with Crippen molar-refractivity contribution in [2.45, 2.75) is 98.2 Å². The molecule has 0 aromatic carbocycles. The Balaban J connectivity index is 0.000000728. The molecule has 5 rings (SSSR count). The highest BCUT2D eigenvalue weighted by Crippen LogP contribution is 2.53. The number of piperazine rings is 1. The molecule has 0 N–H and O–H groups in total. The van der Waals surface area contributed by atoms with Gasteiger partial charge in [-0.05, 0) is 64.1 Å². The van der Waals surface area contributed by atoms with Crippen LogP contribution in [0, 0.1) is 11.3 Å². The first-order valence-corrected chi connectivity index (χ1v) is 13.6. The number of likely N-dealkylation sites (N-methyl/N-ethyl adjacent to an activating group) is 1. The molecule has 0 radical (unpaired) electrons. The van der Waals surface area contributed by atoms with Crippen LogP contribution in [0.15, 0.2) is 12.4 Å². The van der Waals surface area contributed by atoms with Gasteiger partial charge in [0, 0.05) is 62.0 Å². The van der Waals surface area contributed by atoms with E-state index in [-0.39, 0.29) is 0 Å². The number of carbonyl (C=O) groups is 1. The van der Waals surface area contributed by atoms with E-state index in [0.717, 1.165) is 51.5 Å². The summed E-state index contributed by atoms with van der Waals surface area (Å²) < 4.78 is 0. The number of likely N-dealkylation sites (tertiary alicyclic amines) is 2. The van der Waals surface area contributed by atoms with E-state index in [4.69, 9.17) is 9.97 Å². The fourth-order valence-corrected chi connectivity index (χ4v) is 6.36. The summed E-state index contributed by atoms with van der Waals surface area (Å²) in [5.41, 5.74) is 1.69. The Morgan fingerprint density at radius 2 is 1.55 bits per heavy atom. The maximum absolute atomic E-state index is 11.9. The predicted octanol–water partition coefficient (Wildman–Crippen LogP) is 4.78. The van der Waals surface area contributed by atoms with Gasteiger partial charge in [0.25, 0.3) is 0 Å². The maximum Gasteiger partial charge on any atom is 0.225 e. The molecule has 186 valence electrons. The molecule has 33 heavy (non-hydrogen) atoms. The van der Waals surface area contributed by atoms with Crippen molar-refractivity contribution in [2.75, 3.05) is 38.1 Å². The van der Waals surface area contributed by atoms with Crippen LogP contribution in [0.2, 0.25) is 0 Å². The van der Waals surface area contributed by atoms with Crippen molar-refractivity contribution in [2.24, 2.45) is 11.3 Å². The van der Waals surface area contributed by atoms with Crippen LogP contribution in [0.4, 0.5) is 5.95 Å². The summed E-state index contributed by atoms with van der Waals surface area (Å²) in [4.78, 5) is 28.9. The molecule has 4 aliphatic rings. The lowest BCUT2D eigenvalue weighted by Gasteiger charge is -2.51. The Morgan fingerprint density at radius 1 is 1.00 bits per heavy atom. The highest BCUT2D eigenvalue weighted by atomic mass is 16.1. The quantitative estimate of drug-likeness (QED) is 0.634. The molecule has 1 saturated carbocycles. The van der Waals surface area contributed by atoms with Crippen LogP contribution >= 0.6 is 0 Å². The van der Waals surface area contributed by atoms with Gasteiger partial charge < -0.3 is 9.80 Å². The number of aromatic nitrogens is 2. The molecule has 1 aliphatic carbocycles. The standard InChI is InChI=1S/C23H35N5O.2C2H6/c1-3-21(29)18-10-23(11-18)6-8-27(9-7-23)14-17-12-24-22(25-13-17)28-19-4-5-20(28)16-26(2)15-19;2*1-2/h12-13,18-20H,3-11,14-16H2,1-2H3;2*1-2H3. The lowest BCUT2D eigenvalue weighted by molar-refractivity contribution is -0.132. The number of ketones is 1. The van der Waals surface area contributed by atoms with E-state index >= 15 is 0 Å². The third kappa shape index (κ3) is 5.76. The van der Waals surface area contributed by atoms with Gasteiger partial charge in [-0.3, -0.25) is 9.69 Å². The number of rotatable bonds is 5. The smallest absolute Gasteiger partial charge is 0.225 e. The molecular formula is C27H47N5O. The summed E-state index contributed by atoms with van der Waals surface area (Å²) in [6.07, 6.45) is 12.1. The zero-order valence-electron chi connectivity index (χ0n) is 22.0. The predicted molar refractivity (Wildman–Crippen MR) is 136 cm³/mol. The largest absolute Gasteiger partial charge is 0.332 e. The highest BCUT2D eigenvalue weighted by Gasteiger charge is 2.47. The Hall–Kier alpha value is -1.53. The third-order valence-electron chi connectivity index (χ3n) is 8.07. The van der Waals surface area contributed by atoms with Crippen LogP contribution in [-0.2, 0) is 11.3 Å². The van der Waals surface area contributed by atoms with E-state index in [1.807, 2.05) is 47.0 Å². The van der Waals surface area contributed by atoms with Crippen LogP contribution in [0.5, 0.6) is 0 Å². The molecular weight excluding hydrogens is 410 g/mol. The lowest BCUT2D eigenvalue weighted by atomic mass is 9.56. The number of piperidine rings is 1. The molecule has 4 heterocycles. The van der Waals surface area contributed by atoms with E-state index in [1.54, 1.807) is 0 Å². The number of nitrogens with zero attached hydrogens (tertiary/aromatic N) is 5. The second-order valence-corrected chi connectivity index (χ2v) is 10.1. The van der Waals surface area contributed by atoms with Crippen LogP contribution in [-0.4, -0.2) is 70.9 Å². The van der Waals surface area contributed by atoms with Gasteiger partial charge in [0.15, 0.2) is 0 Å². The van der Waals surface area contributed by atoms with Crippen LogP contribution < -0.4 is 4.90 Å². The Labute approximate surface area is 202 Å². The molecule has 3 saturated heterocycles. The molecule has 1 aromatic heterocycles. The van der Waals surface area contributed by atoms with Crippen LogP contribution in [0.25, 0.3) is 0 Å². The second-order valence-electron chi connectivity index (χ2n) is 10.1. The van der Waals surface area contributed by atoms with E-state index < -0.39 is 0 Å². The summed E-state index contributed by atoms with van der Waals surface area (Å²) in [5.74, 6) is 1.76. The first-order chi connectivity index (χ1) is 16.0. The second kappa shape index (κ2) is 11.7. The van der Waals surface area contributed by atoms with Crippen molar-refractivity contribution in [1.29, 1.82) is 0 Å². The van der Waals surface area contributed by atoms with Gasteiger partial charge in [-0.25, -0.2) is 9.97 Å². The summed E-state index contributed by atoms with van der Waals surface area (Å²) in [6, 6.07) is 1.16. The highest BCUT2D eigenvalue weighted by molar-refractivity contribution is 5.81. The molecule has 2 bridgehead atoms. The van der Waals surface area contributed by atoms with Crippen molar-refractivity contribution in [3.8, 4) is 0 Å². The number of anilines is 1. The first kappa shape index (κ1) is 26.1. The number of hydrogen-bond donors (Lipinski definition) is 0. The van der Waals surface area contributed by atoms with Gasteiger partial charge >= 0.3 is 0 Å². The molecule has 6 nitrogen and oxygen atoms in total. The number of hydrogen-bond acceptors (Lipinski definition) is 6. The summed E-state index contributed by atoms with van der Waals surface area (Å²) in [5, 5.41) is 0. The topological polar surface area (TPSA) is 52.6 Å². The van der Waals surface area contributed by atoms with Gasteiger partial charge in [0.05, 0.1) is 0 Å². The third-order valence-corrected chi connectivity index (χ3v) is 8.07. The number of Topliss-reactive ketones (excluding diaryl/α,β-unsaturated/α-hetero) is 1. The minimum absolute atomic E-state index is 0.359. The van der Waals surface area contributed by atoms with Crippen molar-refractivity contribution < 1.29 is 4.79 Å². The van der Waals surface area contributed by atoms with Gasteiger partial charge in [-0.15, -0.1) is 0 Å². The molecule has 4 fully saturated rings. The summed E-state index contributed by atoms with van der Waals surface area (Å²) in [7, 11) is 2.22. The minimum atomic E-state index is 0.359. The Bertz CT molecular complexity index is 721. The van der Waals surface area contributed by atoms with E-state index in [0.29, 0.717) is 35.6 Å². The molecule has 1 aromatic rings. The Morgan fingerprint density at radius 3 is 2.06 bits per heavy atom. The van der Waals surface area contributed by atoms with Crippen molar-refractivity contribution in [1.82, 2.24) is 19.8 Å². The molecule has 3 aliphatic heterocycles. The molecule has 1 spiro atoms. The maximum atomic E-state index is 11.9. The van der Waals surface area contributed by atoms with E-state index in [1.165, 1.54) is 31.2 Å². The van der Waals surface area contributed by atoms with Crippen LogP contribution in [0.1, 0.15) is 85.1 Å². The molecule has 2 unspecified atom stereocenters. The fraction of sp³-hybridized carbons (Fsp3) is 0.815. The lowest BCUT2D eigenvalue weighted by Crippen LogP contribution is -2.53. The normalized spacial score (nSPS) is 26.7. The molecule has 6 heteroatoms. The first-order valence-electron chi connectivity index (χ1n) is 13.6. The van der Waals surface area contributed by atoms with E-state index in [2.05, 4.69) is 21.7 Å². The minimum Gasteiger partial charge on any atom is -0.332 e. The van der Waals surface area contributed by atoms with E-state index in [9.17, 15) is 4.79 Å². The van der Waals surface area contributed by atoms with Crippen molar-refractivity contribution in [3.05, 3.63) is 18.0 Å². The zero-order chi connectivity index (χ0) is 24.0. The average Bonchev–Trinajstić information content (AvgIpc) is 3.11. The average molecular weight is 458 g/mol. The zero-order valence-corrected chi connectivity index (χ0v) is 22.0. The van der Waals surface area contributed by atoms with Gasteiger partial charge in [-0.1, -0.05) is 34.6 Å². The summed E-state index contributed by atoms with van der Waals surface area (Å²) in [6.45, 7) is 15.5.